The molecule has 0 bridgehead atoms. The second-order valence-corrected chi connectivity index (χ2v) is 7.86. The van der Waals surface area contributed by atoms with Crippen molar-refractivity contribution >= 4 is 22.6 Å². The van der Waals surface area contributed by atoms with Gasteiger partial charge < -0.3 is 4.74 Å². The highest BCUT2D eigenvalue weighted by atomic mass is 35.5. The summed E-state index contributed by atoms with van der Waals surface area (Å²) < 4.78 is 22.4. The average Bonchev–Trinajstić information content (AvgIpc) is 3.26. The van der Waals surface area contributed by atoms with Crippen LogP contribution in [0.3, 0.4) is 0 Å². The Hall–Kier alpha value is -3.27. The van der Waals surface area contributed by atoms with Crippen molar-refractivity contribution in [2.45, 2.75) is 25.5 Å². The van der Waals surface area contributed by atoms with Gasteiger partial charge in [0.05, 0.1) is 16.7 Å². The quantitative estimate of drug-likeness (QED) is 0.393. The number of rotatable bonds is 3. The Bertz CT molecular complexity index is 1320. The van der Waals surface area contributed by atoms with Crippen LogP contribution in [-0.4, -0.2) is 26.4 Å². The molecule has 1 aromatic carbocycles. The van der Waals surface area contributed by atoms with E-state index < -0.39 is 5.82 Å². The maximum atomic E-state index is 14.8. The smallest absolute Gasteiger partial charge is 0.150 e. The highest BCUT2D eigenvalue weighted by Crippen LogP contribution is 2.35. The van der Waals surface area contributed by atoms with Crippen LogP contribution in [0, 0.1) is 18.2 Å². The summed E-state index contributed by atoms with van der Waals surface area (Å²) >= 11 is 6.16. The van der Waals surface area contributed by atoms with Crippen molar-refractivity contribution in [3.05, 3.63) is 65.2 Å². The van der Waals surface area contributed by atoms with Gasteiger partial charge in [-0.2, -0.15) is 5.10 Å². The zero-order valence-corrected chi connectivity index (χ0v) is 17.3. The molecule has 0 saturated carbocycles. The molecule has 0 aliphatic carbocycles. The van der Waals surface area contributed by atoms with Crippen LogP contribution in [0.5, 0.6) is 0 Å². The van der Waals surface area contributed by atoms with E-state index in [2.05, 4.69) is 10.9 Å². The normalized spacial score (nSPS) is 16.4. The maximum absolute atomic E-state index is 14.8. The first-order valence-electron chi connectivity index (χ1n) is 10.0. The average molecular weight is 433 g/mol. The molecule has 3 aromatic heterocycles. The fourth-order valence-electron chi connectivity index (χ4n) is 3.77. The Morgan fingerprint density at radius 2 is 2.03 bits per heavy atom. The van der Waals surface area contributed by atoms with Crippen molar-refractivity contribution in [3.63, 3.8) is 0 Å². The van der Waals surface area contributed by atoms with E-state index in [-0.39, 0.29) is 6.23 Å². The van der Waals surface area contributed by atoms with Gasteiger partial charge in [-0.1, -0.05) is 17.5 Å². The van der Waals surface area contributed by atoms with Crippen LogP contribution in [0.1, 0.15) is 31.1 Å². The second-order valence-electron chi connectivity index (χ2n) is 7.42. The minimum atomic E-state index is -0.405. The number of pyridine rings is 2. The number of ether oxygens (including phenoxy) is 1. The van der Waals surface area contributed by atoms with Crippen molar-refractivity contribution in [1.29, 1.82) is 0 Å². The maximum Gasteiger partial charge on any atom is 0.150 e. The first-order valence-corrected chi connectivity index (χ1v) is 10.4. The van der Waals surface area contributed by atoms with E-state index in [1.165, 1.54) is 12.1 Å². The summed E-state index contributed by atoms with van der Waals surface area (Å²) in [5.41, 5.74) is 4.12. The summed E-state index contributed by atoms with van der Waals surface area (Å²) in [4.78, 5) is 9.09. The van der Waals surface area contributed by atoms with Crippen molar-refractivity contribution < 1.29 is 9.13 Å². The molecule has 154 valence electrons. The molecule has 7 heteroatoms. The zero-order valence-electron chi connectivity index (χ0n) is 16.6. The number of halogens is 2. The molecular weight excluding hydrogens is 415 g/mol. The van der Waals surface area contributed by atoms with Crippen LogP contribution in [-0.2, 0) is 4.74 Å². The van der Waals surface area contributed by atoms with Crippen molar-refractivity contribution in [2.24, 2.45) is 0 Å². The van der Waals surface area contributed by atoms with Gasteiger partial charge >= 0.3 is 0 Å². The fourth-order valence-corrected chi connectivity index (χ4v) is 3.94. The number of hydrogen-bond acceptors (Lipinski definition) is 4. The third-order valence-corrected chi connectivity index (χ3v) is 5.58. The van der Waals surface area contributed by atoms with Crippen molar-refractivity contribution in [1.82, 2.24) is 19.7 Å². The van der Waals surface area contributed by atoms with Gasteiger partial charge in [0.1, 0.15) is 17.7 Å². The van der Waals surface area contributed by atoms with Crippen molar-refractivity contribution in [2.75, 3.05) is 6.61 Å². The number of benzene rings is 1. The standard InChI is InChI=1S/C24H18ClFN4O/c1-2-15-11-22-21(27-13-15)9-8-20(28-22)18-14-30(23-5-3-4-10-31-23)29-24(18)17-12-16(25)6-7-19(17)26/h1,6-9,11-14,23H,3-5,10H2. The van der Waals surface area contributed by atoms with Crippen molar-refractivity contribution in [3.8, 4) is 34.9 Å². The molecule has 5 nitrogen and oxygen atoms in total. The van der Waals surface area contributed by atoms with E-state index in [0.717, 1.165) is 24.8 Å². The lowest BCUT2D eigenvalue weighted by Gasteiger charge is -2.22. The molecule has 0 N–H and O–H groups in total. The lowest BCUT2D eigenvalue weighted by Crippen LogP contribution is -2.18. The first kappa shape index (κ1) is 19.7. The Balaban J connectivity index is 1.69. The summed E-state index contributed by atoms with van der Waals surface area (Å²) in [6.07, 6.45) is 11.7. The van der Waals surface area contributed by atoms with Crippen LogP contribution in [0.2, 0.25) is 5.02 Å². The minimum absolute atomic E-state index is 0.196. The number of fused-ring (bicyclic) bond motifs is 1. The molecule has 31 heavy (non-hydrogen) atoms. The monoisotopic (exact) mass is 432 g/mol. The molecule has 1 fully saturated rings. The predicted octanol–water partition coefficient (Wildman–Crippen LogP) is 5.63. The molecule has 0 spiro atoms. The Morgan fingerprint density at radius 1 is 1.13 bits per heavy atom. The van der Waals surface area contributed by atoms with E-state index in [1.807, 2.05) is 18.3 Å². The lowest BCUT2D eigenvalue weighted by atomic mass is 10.0. The lowest BCUT2D eigenvalue weighted by molar-refractivity contribution is -0.0393. The Morgan fingerprint density at radius 3 is 2.84 bits per heavy atom. The van der Waals surface area contributed by atoms with E-state index >= 15 is 0 Å². The molecule has 1 saturated heterocycles. The molecule has 0 amide bonds. The van der Waals surface area contributed by atoms with Gasteiger partial charge in [-0.05, 0) is 55.7 Å². The molecule has 1 aliphatic heterocycles. The minimum Gasteiger partial charge on any atom is -0.357 e. The molecule has 5 rings (SSSR count). The second kappa shape index (κ2) is 8.10. The summed E-state index contributed by atoms with van der Waals surface area (Å²) in [5.74, 6) is 2.17. The summed E-state index contributed by atoms with van der Waals surface area (Å²) in [6, 6.07) is 9.95. The third-order valence-electron chi connectivity index (χ3n) is 5.35. The topological polar surface area (TPSA) is 52.8 Å². The molecular formula is C24H18ClFN4O. The third kappa shape index (κ3) is 3.78. The number of terminal acetylenes is 1. The van der Waals surface area contributed by atoms with Crippen LogP contribution < -0.4 is 0 Å². The Labute approximate surface area is 183 Å². The SMILES string of the molecule is C#Cc1cnc2ccc(-c3cn(C4CCCCO4)nc3-c3cc(Cl)ccc3F)nc2c1. The first-order chi connectivity index (χ1) is 15.1. The van der Waals surface area contributed by atoms with Gasteiger partial charge in [0, 0.05) is 40.7 Å². The molecule has 1 atom stereocenters. The number of aromatic nitrogens is 4. The largest absolute Gasteiger partial charge is 0.357 e. The summed E-state index contributed by atoms with van der Waals surface area (Å²) in [7, 11) is 0. The molecule has 1 unspecified atom stereocenters. The van der Waals surface area contributed by atoms with E-state index in [1.54, 1.807) is 23.0 Å². The van der Waals surface area contributed by atoms with Crippen LogP contribution in [0.25, 0.3) is 33.5 Å². The highest BCUT2D eigenvalue weighted by Gasteiger charge is 2.23. The number of hydrogen-bond donors (Lipinski definition) is 0. The van der Waals surface area contributed by atoms with E-state index in [4.69, 9.17) is 32.8 Å². The number of nitrogens with zero attached hydrogens (tertiary/aromatic N) is 4. The highest BCUT2D eigenvalue weighted by molar-refractivity contribution is 6.30. The van der Waals surface area contributed by atoms with E-state index in [9.17, 15) is 4.39 Å². The van der Waals surface area contributed by atoms with Gasteiger partial charge in [0.2, 0.25) is 0 Å². The Kier molecular flexibility index (Phi) is 5.14. The van der Waals surface area contributed by atoms with Gasteiger partial charge in [-0.25, -0.2) is 14.1 Å². The van der Waals surface area contributed by atoms with E-state index in [0.29, 0.717) is 45.2 Å². The molecule has 4 heterocycles. The van der Waals surface area contributed by atoms with Gasteiger partial charge in [0.15, 0.2) is 0 Å². The predicted molar refractivity (Wildman–Crippen MR) is 118 cm³/mol. The zero-order chi connectivity index (χ0) is 21.4. The van der Waals surface area contributed by atoms with Gasteiger partial charge in [-0.3, -0.25) is 4.98 Å². The molecule has 1 aliphatic rings. The van der Waals surface area contributed by atoms with Crippen LogP contribution in [0.4, 0.5) is 4.39 Å². The van der Waals surface area contributed by atoms with Gasteiger partial charge in [0.25, 0.3) is 0 Å². The van der Waals surface area contributed by atoms with Crippen LogP contribution >= 0.6 is 11.6 Å². The molecule has 0 radical (unpaired) electrons. The summed E-state index contributed by atoms with van der Waals surface area (Å²) in [5, 5.41) is 5.13. The van der Waals surface area contributed by atoms with Crippen LogP contribution in [0.15, 0.2) is 48.8 Å². The van der Waals surface area contributed by atoms with Gasteiger partial charge in [-0.15, -0.1) is 6.42 Å². The summed E-state index contributed by atoms with van der Waals surface area (Å²) in [6.45, 7) is 0.676. The molecule has 4 aromatic rings. The fraction of sp³-hybridized carbons (Fsp3) is 0.208.